The molecule has 0 aromatic carbocycles. The van der Waals surface area contributed by atoms with Gasteiger partial charge >= 0.3 is 0 Å². The van der Waals surface area contributed by atoms with Crippen molar-refractivity contribution in [2.45, 2.75) is 33.6 Å². The van der Waals surface area contributed by atoms with Crippen molar-refractivity contribution in [2.75, 3.05) is 0 Å². The third kappa shape index (κ3) is 1.77. The van der Waals surface area contributed by atoms with E-state index in [1.165, 1.54) is 18.4 Å². The molecule has 0 bridgehead atoms. The van der Waals surface area contributed by atoms with Crippen LogP contribution in [0, 0.1) is 17.8 Å². The molecule has 0 amide bonds. The van der Waals surface area contributed by atoms with Crippen LogP contribution in [0.1, 0.15) is 33.6 Å². The highest BCUT2D eigenvalue weighted by Crippen LogP contribution is 2.39. The van der Waals surface area contributed by atoms with Gasteiger partial charge in [0.25, 0.3) is 0 Å². The van der Waals surface area contributed by atoms with Gasteiger partial charge in [0.1, 0.15) is 6.29 Å². The van der Waals surface area contributed by atoms with Crippen LogP contribution in [0.4, 0.5) is 0 Å². The molecule has 68 valence electrons. The second-order valence-corrected chi connectivity index (χ2v) is 4.13. The van der Waals surface area contributed by atoms with E-state index in [1.54, 1.807) is 6.08 Å². The molecule has 1 aliphatic rings. The van der Waals surface area contributed by atoms with E-state index in [1.807, 2.05) is 0 Å². The summed E-state index contributed by atoms with van der Waals surface area (Å²) in [7, 11) is 0. The summed E-state index contributed by atoms with van der Waals surface area (Å²) in [6, 6.07) is 0. The van der Waals surface area contributed by atoms with Gasteiger partial charge in [0.15, 0.2) is 0 Å². The SMILES string of the molecule is CC(C)[C@@H]1CC[C@@H](C)/C1=C\C=O. The van der Waals surface area contributed by atoms with Crippen molar-refractivity contribution in [1.29, 1.82) is 0 Å². The largest absolute Gasteiger partial charge is 0.299 e. The van der Waals surface area contributed by atoms with Crippen LogP contribution in [0.25, 0.3) is 0 Å². The lowest BCUT2D eigenvalue weighted by Crippen LogP contribution is -2.07. The van der Waals surface area contributed by atoms with E-state index in [0.29, 0.717) is 17.8 Å². The van der Waals surface area contributed by atoms with Crippen LogP contribution in [-0.2, 0) is 4.79 Å². The van der Waals surface area contributed by atoms with Crippen molar-refractivity contribution in [1.82, 2.24) is 0 Å². The van der Waals surface area contributed by atoms with E-state index in [4.69, 9.17) is 0 Å². The Morgan fingerprint density at radius 1 is 1.42 bits per heavy atom. The van der Waals surface area contributed by atoms with Crippen LogP contribution < -0.4 is 0 Å². The first-order valence-corrected chi connectivity index (χ1v) is 4.82. The van der Waals surface area contributed by atoms with Crippen molar-refractivity contribution < 1.29 is 4.79 Å². The lowest BCUT2D eigenvalue weighted by atomic mass is 9.88. The minimum Gasteiger partial charge on any atom is -0.299 e. The fourth-order valence-electron chi connectivity index (χ4n) is 2.21. The molecule has 12 heavy (non-hydrogen) atoms. The molecule has 0 aliphatic heterocycles. The van der Waals surface area contributed by atoms with Crippen molar-refractivity contribution >= 4 is 6.29 Å². The number of carbonyl (C=O) groups excluding carboxylic acids is 1. The fraction of sp³-hybridized carbons (Fsp3) is 0.727. The summed E-state index contributed by atoms with van der Waals surface area (Å²) in [4.78, 5) is 10.4. The van der Waals surface area contributed by atoms with Crippen LogP contribution in [0.3, 0.4) is 0 Å². The van der Waals surface area contributed by atoms with Gasteiger partial charge in [-0.3, -0.25) is 4.79 Å². The number of allylic oxidation sites excluding steroid dienone is 2. The number of aldehydes is 1. The summed E-state index contributed by atoms with van der Waals surface area (Å²) in [6.07, 6.45) is 5.23. The van der Waals surface area contributed by atoms with Crippen LogP contribution in [0.2, 0.25) is 0 Å². The second-order valence-electron chi connectivity index (χ2n) is 4.13. The Bertz CT molecular complexity index is 191. The van der Waals surface area contributed by atoms with Gasteiger partial charge in [-0.05, 0) is 36.7 Å². The van der Waals surface area contributed by atoms with E-state index in [9.17, 15) is 4.79 Å². The van der Waals surface area contributed by atoms with Crippen molar-refractivity contribution in [2.24, 2.45) is 17.8 Å². The predicted octanol–water partition coefficient (Wildman–Crippen LogP) is 2.81. The highest BCUT2D eigenvalue weighted by Gasteiger charge is 2.28. The summed E-state index contributed by atoms with van der Waals surface area (Å²) in [5, 5.41) is 0. The maximum absolute atomic E-state index is 10.4. The number of carbonyl (C=O) groups is 1. The van der Waals surface area contributed by atoms with Gasteiger partial charge in [0, 0.05) is 0 Å². The molecule has 1 saturated carbocycles. The molecule has 0 unspecified atom stereocenters. The summed E-state index contributed by atoms with van der Waals surface area (Å²) < 4.78 is 0. The first-order chi connectivity index (χ1) is 5.66. The van der Waals surface area contributed by atoms with Gasteiger partial charge in [-0.1, -0.05) is 26.3 Å². The standard InChI is InChI=1S/C11H18O/c1-8(2)10-5-4-9(3)11(10)6-7-12/h6-10H,4-5H2,1-3H3/b11-6+/t9-,10+/m1/s1. The van der Waals surface area contributed by atoms with Crippen molar-refractivity contribution in [3.63, 3.8) is 0 Å². The topological polar surface area (TPSA) is 17.1 Å². The monoisotopic (exact) mass is 166 g/mol. The average molecular weight is 166 g/mol. The molecule has 1 fully saturated rings. The first-order valence-electron chi connectivity index (χ1n) is 4.82. The van der Waals surface area contributed by atoms with Gasteiger partial charge in [-0.15, -0.1) is 0 Å². The molecule has 0 heterocycles. The second kappa shape index (κ2) is 3.88. The van der Waals surface area contributed by atoms with Crippen molar-refractivity contribution in [3.05, 3.63) is 11.6 Å². The maximum atomic E-state index is 10.4. The fourth-order valence-corrected chi connectivity index (χ4v) is 2.21. The molecule has 1 rings (SSSR count). The summed E-state index contributed by atoms with van der Waals surface area (Å²) in [6.45, 7) is 6.69. The highest BCUT2D eigenvalue weighted by molar-refractivity contribution is 5.66. The lowest BCUT2D eigenvalue weighted by molar-refractivity contribution is -0.104. The smallest absolute Gasteiger partial charge is 0.142 e. The van der Waals surface area contributed by atoms with Crippen LogP contribution in [0.15, 0.2) is 11.6 Å². The number of rotatable bonds is 2. The Balaban J connectivity index is 2.77. The van der Waals surface area contributed by atoms with Gasteiger partial charge in [0.05, 0.1) is 0 Å². The van der Waals surface area contributed by atoms with Crippen LogP contribution >= 0.6 is 0 Å². The molecule has 0 radical (unpaired) electrons. The van der Waals surface area contributed by atoms with Gasteiger partial charge in [0.2, 0.25) is 0 Å². The molecule has 0 aromatic heterocycles. The normalized spacial score (nSPS) is 33.2. The summed E-state index contributed by atoms with van der Waals surface area (Å²) in [5.74, 6) is 1.97. The molecule has 1 nitrogen and oxygen atoms in total. The molecule has 0 saturated heterocycles. The molecule has 1 heteroatoms. The number of hydrogen-bond acceptors (Lipinski definition) is 1. The third-order valence-electron chi connectivity index (χ3n) is 2.97. The zero-order valence-corrected chi connectivity index (χ0v) is 8.21. The van der Waals surface area contributed by atoms with E-state index in [-0.39, 0.29) is 0 Å². The van der Waals surface area contributed by atoms with Gasteiger partial charge < -0.3 is 0 Å². The Kier molecular flexibility index (Phi) is 3.07. The molecule has 1 aliphatic carbocycles. The zero-order chi connectivity index (χ0) is 9.14. The van der Waals surface area contributed by atoms with Crippen LogP contribution in [-0.4, -0.2) is 6.29 Å². The summed E-state index contributed by atoms with van der Waals surface area (Å²) in [5.41, 5.74) is 1.38. The Labute approximate surface area is 74.9 Å². The van der Waals surface area contributed by atoms with E-state index in [0.717, 1.165) is 6.29 Å². The molecule has 2 atom stereocenters. The molecular weight excluding hydrogens is 148 g/mol. The molecular formula is C11H18O. The maximum Gasteiger partial charge on any atom is 0.142 e. The van der Waals surface area contributed by atoms with E-state index >= 15 is 0 Å². The Hall–Kier alpha value is -0.590. The number of hydrogen-bond donors (Lipinski definition) is 0. The van der Waals surface area contributed by atoms with E-state index in [2.05, 4.69) is 20.8 Å². The summed E-state index contributed by atoms with van der Waals surface area (Å²) >= 11 is 0. The zero-order valence-electron chi connectivity index (χ0n) is 8.21. The molecule has 0 N–H and O–H groups in total. The van der Waals surface area contributed by atoms with Crippen LogP contribution in [0.5, 0.6) is 0 Å². The van der Waals surface area contributed by atoms with Gasteiger partial charge in [-0.2, -0.15) is 0 Å². The minimum atomic E-state index is 0.627. The van der Waals surface area contributed by atoms with E-state index < -0.39 is 0 Å². The molecule has 0 spiro atoms. The average Bonchev–Trinajstić information content (AvgIpc) is 2.34. The Morgan fingerprint density at radius 3 is 2.58 bits per heavy atom. The first kappa shape index (κ1) is 9.50. The quantitative estimate of drug-likeness (QED) is 0.455. The van der Waals surface area contributed by atoms with Crippen molar-refractivity contribution in [3.8, 4) is 0 Å². The highest BCUT2D eigenvalue weighted by atomic mass is 16.1. The predicted molar refractivity (Wildman–Crippen MR) is 50.9 cm³/mol. The van der Waals surface area contributed by atoms with Gasteiger partial charge in [-0.25, -0.2) is 0 Å². The third-order valence-corrected chi connectivity index (χ3v) is 2.97. The minimum absolute atomic E-state index is 0.627. The molecule has 0 aromatic rings. The Morgan fingerprint density at radius 2 is 2.08 bits per heavy atom. The lowest BCUT2D eigenvalue weighted by Gasteiger charge is -2.17.